The lowest BCUT2D eigenvalue weighted by Crippen LogP contribution is -2.01. The second kappa shape index (κ2) is 4.76. The van der Waals surface area contributed by atoms with Crippen molar-refractivity contribution in [2.24, 2.45) is 0 Å². The van der Waals surface area contributed by atoms with Gasteiger partial charge in [-0.2, -0.15) is 10.1 Å². The van der Waals surface area contributed by atoms with Crippen molar-refractivity contribution in [1.82, 2.24) is 14.8 Å². The predicted molar refractivity (Wildman–Crippen MR) is 74.6 cm³/mol. The van der Waals surface area contributed by atoms with Crippen molar-refractivity contribution in [3.63, 3.8) is 0 Å². The highest BCUT2D eigenvalue weighted by Gasteiger charge is 2.16. The van der Waals surface area contributed by atoms with E-state index in [0.717, 1.165) is 35.6 Å². The van der Waals surface area contributed by atoms with Crippen LogP contribution in [0.1, 0.15) is 19.0 Å². The summed E-state index contributed by atoms with van der Waals surface area (Å²) in [6, 6.07) is 10.5. The van der Waals surface area contributed by atoms with E-state index in [-0.39, 0.29) is 0 Å². The monoisotopic (exact) mass is 256 g/mol. The Hall–Kier alpha value is -2.30. The number of aryl methyl sites for hydroxylation is 1. The van der Waals surface area contributed by atoms with Crippen molar-refractivity contribution in [2.75, 3.05) is 11.9 Å². The van der Waals surface area contributed by atoms with Crippen LogP contribution in [0.2, 0.25) is 0 Å². The molecule has 0 fully saturated rings. The Bertz CT molecular complexity index is 684. The van der Waals surface area contributed by atoms with Gasteiger partial charge in [0, 0.05) is 6.54 Å². The highest BCUT2D eigenvalue weighted by atomic mass is 16.4. The summed E-state index contributed by atoms with van der Waals surface area (Å²) < 4.78 is 7.51. The molecule has 0 aliphatic heterocycles. The van der Waals surface area contributed by atoms with Crippen LogP contribution in [-0.2, 0) is 0 Å². The van der Waals surface area contributed by atoms with Gasteiger partial charge in [-0.3, -0.25) is 0 Å². The maximum absolute atomic E-state index is 5.70. The molecule has 0 unspecified atom stereocenters. The van der Waals surface area contributed by atoms with Crippen molar-refractivity contribution < 1.29 is 4.42 Å². The molecule has 1 N–H and O–H groups in total. The molecule has 0 radical (unpaired) electrons. The van der Waals surface area contributed by atoms with Gasteiger partial charge in [0.1, 0.15) is 5.69 Å². The van der Waals surface area contributed by atoms with Gasteiger partial charge in [-0.25, -0.2) is 4.68 Å². The van der Waals surface area contributed by atoms with Crippen LogP contribution in [0.5, 0.6) is 0 Å². The molecule has 0 saturated carbocycles. The molecule has 19 heavy (non-hydrogen) atoms. The van der Waals surface area contributed by atoms with Crippen LogP contribution in [0.4, 0.5) is 6.01 Å². The standard InChI is InChI=1S/C14H16N4O/c1-3-9-15-14-16-13-12(19-14)10(2)17-18(13)11-7-5-4-6-8-11/h4-8H,3,9H2,1-2H3,(H,15,16). The molecule has 0 saturated heterocycles. The molecule has 0 aliphatic rings. The second-order valence-electron chi connectivity index (χ2n) is 4.43. The lowest BCUT2D eigenvalue weighted by molar-refractivity contribution is 0.609. The number of rotatable bonds is 4. The Morgan fingerprint density at radius 1 is 1.26 bits per heavy atom. The first-order chi connectivity index (χ1) is 9.29. The van der Waals surface area contributed by atoms with Gasteiger partial charge in [0.25, 0.3) is 6.01 Å². The molecule has 2 aromatic heterocycles. The van der Waals surface area contributed by atoms with Gasteiger partial charge >= 0.3 is 0 Å². The van der Waals surface area contributed by atoms with Crippen molar-refractivity contribution >= 4 is 17.2 Å². The first-order valence-corrected chi connectivity index (χ1v) is 6.45. The fourth-order valence-corrected chi connectivity index (χ4v) is 1.99. The second-order valence-corrected chi connectivity index (χ2v) is 4.43. The van der Waals surface area contributed by atoms with Gasteiger partial charge in [-0.15, -0.1) is 0 Å². The van der Waals surface area contributed by atoms with Crippen LogP contribution >= 0.6 is 0 Å². The van der Waals surface area contributed by atoms with Gasteiger partial charge in [0.15, 0.2) is 5.58 Å². The van der Waals surface area contributed by atoms with E-state index < -0.39 is 0 Å². The van der Waals surface area contributed by atoms with E-state index in [0.29, 0.717) is 6.01 Å². The summed E-state index contributed by atoms with van der Waals surface area (Å²) in [5.41, 5.74) is 3.32. The van der Waals surface area contributed by atoms with Crippen molar-refractivity contribution in [1.29, 1.82) is 0 Å². The van der Waals surface area contributed by atoms with Crippen molar-refractivity contribution in [3.05, 3.63) is 36.0 Å². The minimum absolute atomic E-state index is 0.557. The zero-order valence-electron chi connectivity index (χ0n) is 11.1. The Morgan fingerprint density at radius 3 is 2.79 bits per heavy atom. The van der Waals surface area contributed by atoms with Gasteiger partial charge in [0.05, 0.1) is 5.69 Å². The summed E-state index contributed by atoms with van der Waals surface area (Å²) in [5, 5.41) is 7.63. The van der Waals surface area contributed by atoms with Crippen molar-refractivity contribution in [2.45, 2.75) is 20.3 Å². The predicted octanol–water partition coefficient (Wildman–Crippen LogP) is 3.14. The summed E-state index contributed by atoms with van der Waals surface area (Å²) in [5.74, 6) is 0. The zero-order chi connectivity index (χ0) is 13.2. The normalized spacial score (nSPS) is 11.1. The maximum atomic E-state index is 5.70. The van der Waals surface area contributed by atoms with E-state index >= 15 is 0 Å². The number of hydrogen-bond acceptors (Lipinski definition) is 4. The SMILES string of the molecule is CCCNc1nc2c(o1)c(C)nn2-c1ccccc1. The molecule has 5 heteroatoms. The van der Waals surface area contributed by atoms with Crippen LogP contribution in [0, 0.1) is 6.92 Å². The quantitative estimate of drug-likeness (QED) is 0.779. The number of para-hydroxylation sites is 1. The van der Waals surface area contributed by atoms with E-state index in [4.69, 9.17) is 4.42 Å². The molecular weight excluding hydrogens is 240 g/mol. The summed E-state index contributed by atoms with van der Waals surface area (Å²) >= 11 is 0. The molecule has 0 spiro atoms. The molecule has 2 heterocycles. The third-order valence-electron chi connectivity index (χ3n) is 2.92. The molecule has 3 rings (SSSR count). The Balaban J connectivity index is 2.08. The van der Waals surface area contributed by atoms with Crippen LogP contribution in [-0.4, -0.2) is 21.3 Å². The Labute approximate surface area is 111 Å². The first-order valence-electron chi connectivity index (χ1n) is 6.45. The average Bonchev–Trinajstić information content (AvgIpc) is 2.98. The number of hydrogen-bond donors (Lipinski definition) is 1. The number of anilines is 1. The van der Waals surface area contributed by atoms with Crippen LogP contribution in [0.15, 0.2) is 34.7 Å². The third-order valence-corrected chi connectivity index (χ3v) is 2.92. The fraction of sp³-hybridized carbons (Fsp3) is 0.286. The summed E-state index contributed by atoms with van der Waals surface area (Å²) in [6.45, 7) is 4.88. The molecule has 3 aromatic rings. The minimum Gasteiger partial charge on any atom is -0.420 e. The molecular formula is C14H16N4O. The van der Waals surface area contributed by atoms with Crippen LogP contribution in [0.25, 0.3) is 16.9 Å². The van der Waals surface area contributed by atoms with E-state index in [2.05, 4.69) is 22.3 Å². The van der Waals surface area contributed by atoms with Gasteiger partial charge in [-0.1, -0.05) is 25.1 Å². The average molecular weight is 256 g/mol. The number of oxazole rings is 1. The molecule has 0 atom stereocenters. The highest BCUT2D eigenvalue weighted by molar-refractivity contribution is 5.75. The molecule has 1 aromatic carbocycles. The highest BCUT2D eigenvalue weighted by Crippen LogP contribution is 2.24. The smallest absolute Gasteiger partial charge is 0.297 e. The molecule has 5 nitrogen and oxygen atoms in total. The van der Waals surface area contributed by atoms with E-state index in [1.165, 1.54) is 0 Å². The minimum atomic E-state index is 0.557. The van der Waals surface area contributed by atoms with E-state index in [9.17, 15) is 0 Å². The molecule has 0 amide bonds. The van der Waals surface area contributed by atoms with Crippen LogP contribution < -0.4 is 5.32 Å². The van der Waals surface area contributed by atoms with E-state index in [1.54, 1.807) is 0 Å². The molecule has 0 bridgehead atoms. The van der Waals surface area contributed by atoms with Gasteiger partial charge in [-0.05, 0) is 25.5 Å². The largest absolute Gasteiger partial charge is 0.420 e. The number of nitrogens with one attached hydrogen (secondary N) is 1. The molecule has 0 aliphatic carbocycles. The number of fused-ring (bicyclic) bond motifs is 1. The van der Waals surface area contributed by atoms with Gasteiger partial charge < -0.3 is 9.73 Å². The van der Waals surface area contributed by atoms with Gasteiger partial charge in [0.2, 0.25) is 5.65 Å². The summed E-state index contributed by atoms with van der Waals surface area (Å²) in [4.78, 5) is 4.47. The Morgan fingerprint density at radius 2 is 2.05 bits per heavy atom. The lowest BCUT2D eigenvalue weighted by Gasteiger charge is -2.00. The van der Waals surface area contributed by atoms with Crippen molar-refractivity contribution in [3.8, 4) is 5.69 Å². The third kappa shape index (κ3) is 2.07. The maximum Gasteiger partial charge on any atom is 0.297 e. The number of benzene rings is 1. The fourth-order valence-electron chi connectivity index (χ4n) is 1.99. The van der Waals surface area contributed by atoms with E-state index in [1.807, 2.05) is 41.9 Å². The summed E-state index contributed by atoms with van der Waals surface area (Å²) in [7, 11) is 0. The van der Waals surface area contributed by atoms with Crippen LogP contribution in [0.3, 0.4) is 0 Å². The first kappa shape index (κ1) is 11.8. The Kier molecular flexibility index (Phi) is 2.95. The number of nitrogens with zero attached hydrogens (tertiary/aromatic N) is 3. The summed E-state index contributed by atoms with van der Waals surface area (Å²) in [6.07, 6.45) is 1.03. The number of aromatic nitrogens is 3. The lowest BCUT2D eigenvalue weighted by atomic mass is 10.3. The molecule has 98 valence electrons. The topological polar surface area (TPSA) is 55.9 Å². The zero-order valence-corrected chi connectivity index (χ0v) is 11.1.